The van der Waals surface area contributed by atoms with Crippen LogP contribution < -0.4 is 0 Å². The largest absolute Gasteiger partial charge is 0.383 e. The van der Waals surface area contributed by atoms with Crippen LogP contribution >= 0.6 is 0 Å². The molecule has 21 heavy (non-hydrogen) atoms. The maximum Gasteiger partial charge on any atom is 0.132 e. The molecule has 2 aromatic carbocycles. The van der Waals surface area contributed by atoms with E-state index in [1.54, 1.807) is 0 Å². The highest BCUT2D eigenvalue weighted by Gasteiger charge is 2.24. The van der Waals surface area contributed by atoms with Crippen LogP contribution in [-0.2, 0) is 0 Å². The van der Waals surface area contributed by atoms with Gasteiger partial charge in [-0.3, -0.25) is 0 Å². The minimum Gasteiger partial charge on any atom is -0.383 e. The van der Waals surface area contributed by atoms with Gasteiger partial charge in [-0.05, 0) is 80.1 Å². The van der Waals surface area contributed by atoms with E-state index in [1.807, 2.05) is 34.6 Å². The molecule has 112 valence electrons. The molecule has 0 radical (unpaired) electrons. The van der Waals surface area contributed by atoms with E-state index in [0.29, 0.717) is 5.56 Å². The van der Waals surface area contributed by atoms with Crippen molar-refractivity contribution >= 4 is 0 Å². The zero-order chi connectivity index (χ0) is 15.9. The summed E-state index contributed by atoms with van der Waals surface area (Å²) >= 11 is 0. The predicted octanol–water partition coefficient (Wildman–Crippen LogP) is 4.59. The van der Waals surface area contributed by atoms with E-state index in [-0.39, 0.29) is 5.56 Å². The van der Waals surface area contributed by atoms with Crippen molar-refractivity contribution in [3.8, 4) is 0 Å². The van der Waals surface area contributed by atoms with Gasteiger partial charge in [-0.15, -0.1) is 0 Å². The minimum atomic E-state index is -1.30. The first-order chi connectivity index (χ1) is 9.77. The summed E-state index contributed by atoms with van der Waals surface area (Å²) in [5.74, 6) is -1.45. The second-order valence-corrected chi connectivity index (χ2v) is 5.58. The van der Waals surface area contributed by atoms with Crippen molar-refractivity contribution in [1.29, 1.82) is 0 Å². The number of halogens is 2. The summed E-state index contributed by atoms with van der Waals surface area (Å²) in [6.45, 7) is 9.71. The molecule has 0 saturated heterocycles. The molecular weight excluding hydrogens is 270 g/mol. The Morgan fingerprint density at radius 1 is 0.714 bits per heavy atom. The normalized spacial score (nSPS) is 12.6. The van der Waals surface area contributed by atoms with Crippen LogP contribution in [-0.4, -0.2) is 5.11 Å². The first-order valence-corrected chi connectivity index (χ1v) is 6.96. The number of hydrogen-bond acceptors (Lipinski definition) is 1. The summed E-state index contributed by atoms with van der Waals surface area (Å²) < 4.78 is 27.9. The fourth-order valence-corrected chi connectivity index (χ4v) is 2.86. The van der Waals surface area contributed by atoms with Crippen molar-refractivity contribution in [2.45, 2.75) is 40.7 Å². The lowest BCUT2D eigenvalue weighted by Gasteiger charge is -2.23. The third-order valence-corrected chi connectivity index (χ3v) is 4.60. The molecule has 2 rings (SSSR count). The maximum absolute atomic E-state index is 13.9. The first kappa shape index (κ1) is 15.6. The van der Waals surface area contributed by atoms with Gasteiger partial charge in [0.25, 0.3) is 0 Å². The highest BCUT2D eigenvalue weighted by molar-refractivity contribution is 5.52. The van der Waals surface area contributed by atoms with Crippen molar-refractivity contribution in [2.75, 3.05) is 0 Å². The highest BCUT2D eigenvalue weighted by atomic mass is 19.1. The van der Waals surface area contributed by atoms with Crippen molar-refractivity contribution in [3.63, 3.8) is 0 Å². The molecule has 0 fully saturated rings. The summed E-state index contributed by atoms with van der Waals surface area (Å²) in [4.78, 5) is 0. The molecule has 0 saturated carbocycles. The fraction of sp³-hybridized carbons (Fsp3) is 0.333. The third kappa shape index (κ3) is 2.46. The first-order valence-electron chi connectivity index (χ1n) is 6.96. The molecule has 0 amide bonds. The summed E-state index contributed by atoms with van der Waals surface area (Å²) in [7, 11) is 0. The molecule has 0 aliphatic heterocycles. The Hall–Kier alpha value is -1.74. The van der Waals surface area contributed by atoms with Crippen LogP contribution in [0, 0.1) is 46.3 Å². The van der Waals surface area contributed by atoms with Gasteiger partial charge in [0.05, 0.1) is 5.56 Å². The van der Waals surface area contributed by atoms with Gasteiger partial charge in [-0.1, -0.05) is 6.07 Å². The SMILES string of the molecule is Cc1c(C)c(C)c(C(O)c2c(F)cccc2F)c(C)c1C. The average Bonchev–Trinajstić information content (AvgIpc) is 2.43. The zero-order valence-corrected chi connectivity index (χ0v) is 13.0. The Kier molecular flexibility index (Phi) is 4.15. The Morgan fingerprint density at radius 3 is 1.52 bits per heavy atom. The Bertz CT molecular complexity index is 656. The van der Waals surface area contributed by atoms with Crippen LogP contribution in [0.4, 0.5) is 8.78 Å². The Morgan fingerprint density at radius 2 is 1.10 bits per heavy atom. The topological polar surface area (TPSA) is 20.2 Å². The third-order valence-electron chi connectivity index (χ3n) is 4.60. The maximum atomic E-state index is 13.9. The molecule has 3 heteroatoms. The van der Waals surface area contributed by atoms with Crippen LogP contribution in [0.15, 0.2) is 18.2 Å². The second-order valence-electron chi connectivity index (χ2n) is 5.58. The molecule has 0 aromatic heterocycles. The molecule has 0 spiro atoms. The van der Waals surface area contributed by atoms with Gasteiger partial charge < -0.3 is 5.11 Å². The number of benzene rings is 2. The lowest BCUT2D eigenvalue weighted by Crippen LogP contribution is -2.12. The summed E-state index contributed by atoms with van der Waals surface area (Å²) in [6, 6.07) is 3.63. The lowest BCUT2D eigenvalue weighted by atomic mass is 9.85. The zero-order valence-electron chi connectivity index (χ0n) is 13.0. The monoisotopic (exact) mass is 290 g/mol. The number of aliphatic hydroxyl groups is 1. The van der Waals surface area contributed by atoms with Gasteiger partial charge in [0.2, 0.25) is 0 Å². The van der Waals surface area contributed by atoms with Crippen LogP contribution in [0.5, 0.6) is 0 Å². The standard InChI is InChI=1S/C18H20F2O/c1-9-10(2)12(4)16(13(5)11(9)3)18(21)17-14(19)7-6-8-15(17)20/h6-8,18,21H,1-5H3. The molecular formula is C18H20F2O. The number of hydrogen-bond donors (Lipinski definition) is 1. The van der Waals surface area contributed by atoms with Gasteiger partial charge in [-0.2, -0.15) is 0 Å². The van der Waals surface area contributed by atoms with Crippen LogP contribution in [0.25, 0.3) is 0 Å². The van der Waals surface area contributed by atoms with Crippen LogP contribution in [0.1, 0.15) is 45.0 Å². The van der Waals surface area contributed by atoms with E-state index in [1.165, 1.54) is 18.2 Å². The van der Waals surface area contributed by atoms with E-state index in [4.69, 9.17) is 0 Å². The van der Waals surface area contributed by atoms with E-state index < -0.39 is 17.7 Å². The molecule has 0 bridgehead atoms. The van der Waals surface area contributed by atoms with Gasteiger partial charge in [0.1, 0.15) is 17.7 Å². The highest BCUT2D eigenvalue weighted by Crippen LogP contribution is 2.35. The summed E-state index contributed by atoms with van der Waals surface area (Å²) in [5, 5.41) is 10.6. The van der Waals surface area contributed by atoms with Gasteiger partial charge >= 0.3 is 0 Å². The van der Waals surface area contributed by atoms with Crippen LogP contribution in [0.2, 0.25) is 0 Å². The molecule has 1 N–H and O–H groups in total. The van der Waals surface area contributed by atoms with Gasteiger partial charge in [0.15, 0.2) is 0 Å². The molecule has 1 atom stereocenters. The summed E-state index contributed by atoms with van der Waals surface area (Å²) in [5.41, 5.74) is 5.31. The van der Waals surface area contributed by atoms with E-state index in [0.717, 1.165) is 27.8 Å². The van der Waals surface area contributed by atoms with E-state index >= 15 is 0 Å². The molecule has 0 heterocycles. The predicted molar refractivity (Wildman–Crippen MR) is 80.5 cm³/mol. The van der Waals surface area contributed by atoms with Crippen molar-refractivity contribution < 1.29 is 13.9 Å². The fourth-order valence-electron chi connectivity index (χ4n) is 2.86. The molecule has 1 unspecified atom stereocenters. The lowest BCUT2D eigenvalue weighted by molar-refractivity contribution is 0.207. The van der Waals surface area contributed by atoms with Gasteiger partial charge in [0, 0.05) is 0 Å². The molecule has 1 nitrogen and oxygen atoms in total. The number of aliphatic hydroxyl groups excluding tert-OH is 1. The molecule has 0 aliphatic rings. The second kappa shape index (κ2) is 5.57. The van der Waals surface area contributed by atoms with Crippen molar-refractivity contribution in [2.24, 2.45) is 0 Å². The summed E-state index contributed by atoms with van der Waals surface area (Å²) in [6.07, 6.45) is -1.30. The Balaban J connectivity index is 2.73. The smallest absolute Gasteiger partial charge is 0.132 e. The van der Waals surface area contributed by atoms with Crippen molar-refractivity contribution in [3.05, 3.63) is 68.8 Å². The quantitative estimate of drug-likeness (QED) is 0.857. The Labute approximate surface area is 124 Å². The number of rotatable bonds is 2. The average molecular weight is 290 g/mol. The van der Waals surface area contributed by atoms with Gasteiger partial charge in [-0.25, -0.2) is 8.78 Å². The van der Waals surface area contributed by atoms with E-state index in [9.17, 15) is 13.9 Å². The minimum absolute atomic E-state index is 0.286. The molecule has 2 aromatic rings. The molecule has 0 aliphatic carbocycles. The van der Waals surface area contributed by atoms with Crippen molar-refractivity contribution in [1.82, 2.24) is 0 Å². The van der Waals surface area contributed by atoms with Crippen LogP contribution in [0.3, 0.4) is 0 Å². The van der Waals surface area contributed by atoms with E-state index in [2.05, 4.69) is 0 Å².